The molecule has 0 radical (unpaired) electrons. The number of carbonyl (C=O) groups excluding carboxylic acids is 1. The average Bonchev–Trinajstić information content (AvgIpc) is 2.56. The first-order chi connectivity index (χ1) is 12.3. The van der Waals surface area contributed by atoms with Gasteiger partial charge in [0.05, 0.1) is 16.3 Å². The summed E-state index contributed by atoms with van der Waals surface area (Å²) in [4.78, 5) is 25.3. The SMILES string of the molecule is Cc1cc(C)c2c(=O)c(OC(=O)C(C)C)c(-c3ccccc3Cl)oc2c1. The minimum Gasteiger partial charge on any atom is -0.452 e. The molecule has 0 saturated heterocycles. The molecule has 5 heteroatoms. The van der Waals surface area contributed by atoms with Crippen molar-refractivity contribution in [2.45, 2.75) is 27.7 Å². The average molecular weight is 371 g/mol. The van der Waals surface area contributed by atoms with Crippen LogP contribution in [0.4, 0.5) is 0 Å². The molecule has 3 aromatic rings. The van der Waals surface area contributed by atoms with Crippen LogP contribution in [0.5, 0.6) is 5.75 Å². The van der Waals surface area contributed by atoms with Gasteiger partial charge in [-0.25, -0.2) is 0 Å². The van der Waals surface area contributed by atoms with E-state index in [0.29, 0.717) is 21.6 Å². The molecule has 0 aliphatic carbocycles. The summed E-state index contributed by atoms with van der Waals surface area (Å²) in [7, 11) is 0. The third-order valence-electron chi connectivity index (χ3n) is 4.09. The Morgan fingerprint density at radius 2 is 1.85 bits per heavy atom. The van der Waals surface area contributed by atoms with Crippen LogP contribution in [0, 0.1) is 19.8 Å². The van der Waals surface area contributed by atoms with Crippen molar-refractivity contribution in [1.82, 2.24) is 0 Å². The van der Waals surface area contributed by atoms with Gasteiger partial charge in [-0.3, -0.25) is 9.59 Å². The fraction of sp³-hybridized carbons (Fsp3) is 0.238. The van der Waals surface area contributed by atoms with E-state index in [0.717, 1.165) is 11.1 Å². The second-order valence-corrected chi connectivity index (χ2v) is 7.01. The maximum absolute atomic E-state index is 13.1. The zero-order chi connectivity index (χ0) is 19.0. The smallest absolute Gasteiger partial charge is 0.314 e. The van der Waals surface area contributed by atoms with Crippen molar-refractivity contribution < 1.29 is 13.9 Å². The van der Waals surface area contributed by atoms with E-state index in [-0.39, 0.29) is 22.9 Å². The van der Waals surface area contributed by atoms with E-state index >= 15 is 0 Å². The predicted octanol–water partition coefficient (Wildman–Crippen LogP) is 5.29. The molecule has 0 unspecified atom stereocenters. The van der Waals surface area contributed by atoms with E-state index < -0.39 is 5.97 Å². The molecular weight excluding hydrogens is 352 g/mol. The molecule has 26 heavy (non-hydrogen) atoms. The second kappa shape index (κ2) is 6.96. The van der Waals surface area contributed by atoms with Gasteiger partial charge in [-0.05, 0) is 43.2 Å². The number of benzene rings is 2. The van der Waals surface area contributed by atoms with Crippen LogP contribution >= 0.6 is 11.6 Å². The molecular formula is C21H19ClO4. The van der Waals surface area contributed by atoms with Crippen molar-refractivity contribution in [2.24, 2.45) is 5.92 Å². The van der Waals surface area contributed by atoms with Gasteiger partial charge in [-0.2, -0.15) is 0 Å². The van der Waals surface area contributed by atoms with Crippen molar-refractivity contribution in [2.75, 3.05) is 0 Å². The summed E-state index contributed by atoms with van der Waals surface area (Å²) < 4.78 is 11.5. The first-order valence-electron chi connectivity index (χ1n) is 8.34. The van der Waals surface area contributed by atoms with Gasteiger partial charge in [0.25, 0.3) is 0 Å². The quantitative estimate of drug-likeness (QED) is 0.587. The number of fused-ring (bicyclic) bond motifs is 1. The summed E-state index contributed by atoms with van der Waals surface area (Å²) in [6, 6.07) is 10.7. The fourth-order valence-corrected chi connectivity index (χ4v) is 3.03. The number of hydrogen-bond acceptors (Lipinski definition) is 4. The molecule has 1 heterocycles. The van der Waals surface area contributed by atoms with Gasteiger partial charge in [-0.1, -0.05) is 43.6 Å². The molecule has 0 amide bonds. The van der Waals surface area contributed by atoms with Gasteiger partial charge in [0.1, 0.15) is 5.58 Å². The van der Waals surface area contributed by atoms with Gasteiger partial charge >= 0.3 is 5.97 Å². The lowest BCUT2D eigenvalue weighted by Crippen LogP contribution is -2.20. The molecule has 3 rings (SSSR count). The van der Waals surface area contributed by atoms with Gasteiger partial charge in [0.15, 0.2) is 5.76 Å². The highest BCUT2D eigenvalue weighted by Gasteiger charge is 2.23. The minimum atomic E-state index is -0.505. The molecule has 0 fully saturated rings. The maximum Gasteiger partial charge on any atom is 0.314 e. The Morgan fingerprint density at radius 1 is 1.15 bits per heavy atom. The molecule has 2 aromatic carbocycles. The zero-order valence-corrected chi connectivity index (χ0v) is 15.8. The molecule has 0 spiro atoms. The monoisotopic (exact) mass is 370 g/mol. The number of rotatable bonds is 3. The molecule has 0 aliphatic heterocycles. The minimum absolute atomic E-state index is 0.128. The zero-order valence-electron chi connectivity index (χ0n) is 15.1. The van der Waals surface area contributed by atoms with Crippen LogP contribution in [-0.2, 0) is 4.79 Å². The lowest BCUT2D eigenvalue weighted by atomic mass is 10.0. The van der Waals surface area contributed by atoms with E-state index in [9.17, 15) is 9.59 Å². The first-order valence-corrected chi connectivity index (χ1v) is 8.72. The highest BCUT2D eigenvalue weighted by Crippen LogP contribution is 2.36. The Balaban J connectivity index is 2.39. The number of ether oxygens (including phenoxy) is 1. The van der Waals surface area contributed by atoms with Crippen molar-refractivity contribution in [1.29, 1.82) is 0 Å². The van der Waals surface area contributed by atoms with Gasteiger partial charge in [-0.15, -0.1) is 0 Å². The number of esters is 1. The second-order valence-electron chi connectivity index (χ2n) is 6.60. The molecule has 4 nitrogen and oxygen atoms in total. The summed E-state index contributed by atoms with van der Waals surface area (Å²) in [5.74, 6) is -0.860. The van der Waals surface area contributed by atoms with Crippen LogP contribution in [0.25, 0.3) is 22.3 Å². The number of aryl methyl sites for hydroxylation is 2. The fourth-order valence-electron chi connectivity index (χ4n) is 2.81. The lowest BCUT2D eigenvalue weighted by Gasteiger charge is -2.13. The van der Waals surface area contributed by atoms with E-state index in [2.05, 4.69) is 0 Å². The summed E-state index contributed by atoms with van der Waals surface area (Å²) in [6.45, 7) is 7.16. The van der Waals surface area contributed by atoms with E-state index in [4.69, 9.17) is 20.8 Å². The highest BCUT2D eigenvalue weighted by atomic mass is 35.5. The Labute approximate surface area is 156 Å². The molecule has 0 bridgehead atoms. The van der Waals surface area contributed by atoms with E-state index in [1.807, 2.05) is 19.9 Å². The summed E-state index contributed by atoms with van der Waals surface area (Å²) >= 11 is 6.29. The van der Waals surface area contributed by atoms with E-state index in [1.54, 1.807) is 44.2 Å². The third kappa shape index (κ3) is 3.25. The Bertz CT molecular complexity index is 1060. The lowest BCUT2D eigenvalue weighted by molar-refractivity contribution is -0.137. The van der Waals surface area contributed by atoms with Crippen LogP contribution in [0.1, 0.15) is 25.0 Å². The van der Waals surface area contributed by atoms with Crippen molar-refractivity contribution >= 4 is 28.5 Å². The Kier molecular flexibility index (Phi) is 4.88. The topological polar surface area (TPSA) is 56.5 Å². The van der Waals surface area contributed by atoms with Gasteiger partial charge in [0, 0.05) is 5.56 Å². The van der Waals surface area contributed by atoms with Crippen LogP contribution in [0.15, 0.2) is 45.6 Å². The summed E-state index contributed by atoms with van der Waals surface area (Å²) in [5.41, 5.74) is 2.29. The number of halogens is 1. The summed E-state index contributed by atoms with van der Waals surface area (Å²) in [5, 5.41) is 0.805. The van der Waals surface area contributed by atoms with Gasteiger partial charge < -0.3 is 9.15 Å². The normalized spacial score (nSPS) is 11.2. The van der Waals surface area contributed by atoms with Crippen LogP contribution in [0.2, 0.25) is 5.02 Å². The summed E-state index contributed by atoms with van der Waals surface area (Å²) in [6.07, 6.45) is 0. The van der Waals surface area contributed by atoms with E-state index in [1.165, 1.54) is 0 Å². The van der Waals surface area contributed by atoms with Crippen molar-refractivity contribution in [3.05, 3.63) is 62.8 Å². The molecule has 0 saturated carbocycles. The van der Waals surface area contributed by atoms with Crippen LogP contribution in [-0.4, -0.2) is 5.97 Å². The number of hydrogen-bond donors (Lipinski definition) is 0. The molecule has 0 atom stereocenters. The standard InChI is InChI=1S/C21H19ClO4/c1-11(2)21(24)26-20-18(23)17-13(4)9-12(3)10-16(17)25-19(20)14-7-5-6-8-15(14)22/h5-11H,1-4H3. The van der Waals surface area contributed by atoms with Crippen LogP contribution < -0.4 is 10.2 Å². The Morgan fingerprint density at radius 3 is 2.50 bits per heavy atom. The largest absolute Gasteiger partial charge is 0.452 e. The molecule has 0 aliphatic rings. The molecule has 1 aromatic heterocycles. The van der Waals surface area contributed by atoms with Crippen molar-refractivity contribution in [3.8, 4) is 17.1 Å². The number of carbonyl (C=O) groups is 1. The van der Waals surface area contributed by atoms with Crippen LogP contribution in [0.3, 0.4) is 0 Å². The predicted molar refractivity (Wildman–Crippen MR) is 103 cm³/mol. The maximum atomic E-state index is 13.1. The molecule has 134 valence electrons. The van der Waals surface area contributed by atoms with Crippen molar-refractivity contribution in [3.63, 3.8) is 0 Å². The molecule has 0 N–H and O–H groups in total. The Hall–Kier alpha value is -2.59. The highest BCUT2D eigenvalue weighted by molar-refractivity contribution is 6.33. The first kappa shape index (κ1) is 18.2. The van der Waals surface area contributed by atoms with Gasteiger partial charge in [0.2, 0.25) is 11.2 Å². The third-order valence-corrected chi connectivity index (χ3v) is 4.42.